The Bertz CT molecular complexity index is 662. The average Bonchev–Trinajstić information content (AvgIpc) is 2.47. The van der Waals surface area contributed by atoms with E-state index >= 15 is 0 Å². The van der Waals surface area contributed by atoms with Crippen LogP contribution in [-0.2, 0) is 4.74 Å². The number of rotatable bonds is 3. The van der Waals surface area contributed by atoms with Crippen LogP contribution >= 0.6 is 23.8 Å². The lowest BCUT2D eigenvalue weighted by atomic mass is 10.2. The van der Waals surface area contributed by atoms with E-state index in [4.69, 9.17) is 28.6 Å². The first-order valence-electron chi connectivity index (χ1n) is 6.11. The molecular weight excluding hydrogens is 308 g/mol. The number of hydrogen-bond donors (Lipinski definition) is 2. The van der Waals surface area contributed by atoms with Crippen molar-refractivity contribution in [3.63, 3.8) is 0 Å². The van der Waals surface area contributed by atoms with Gasteiger partial charge in [-0.2, -0.15) is 0 Å². The zero-order chi connectivity index (χ0) is 15.2. The van der Waals surface area contributed by atoms with Gasteiger partial charge in [0.1, 0.15) is 0 Å². The normalized spacial score (nSPS) is 9.81. The lowest BCUT2D eigenvalue weighted by Crippen LogP contribution is -2.20. The van der Waals surface area contributed by atoms with Crippen molar-refractivity contribution in [2.24, 2.45) is 0 Å². The van der Waals surface area contributed by atoms with E-state index in [2.05, 4.69) is 10.6 Å². The summed E-state index contributed by atoms with van der Waals surface area (Å²) in [5.41, 5.74) is 1.69. The van der Waals surface area contributed by atoms with Gasteiger partial charge in [0.2, 0.25) is 0 Å². The van der Waals surface area contributed by atoms with Gasteiger partial charge >= 0.3 is 5.97 Å². The number of esters is 1. The molecule has 2 rings (SSSR count). The van der Waals surface area contributed by atoms with Gasteiger partial charge in [0, 0.05) is 10.7 Å². The van der Waals surface area contributed by atoms with Crippen LogP contribution in [0.4, 0.5) is 11.4 Å². The lowest BCUT2D eigenvalue weighted by Gasteiger charge is -2.13. The van der Waals surface area contributed by atoms with Gasteiger partial charge in [-0.1, -0.05) is 29.8 Å². The van der Waals surface area contributed by atoms with Gasteiger partial charge in [-0.15, -0.1) is 0 Å². The lowest BCUT2D eigenvalue weighted by molar-refractivity contribution is 0.0602. The van der Waals surface area contributed by atoms with Crippen LogP contribution in [0.2, 0.25) is 5.02 Å². The number of carbonyl (C=O) groups excluding carboxylic acids is 1. The maximum atomic E-state index is 11.7. The molecule has 0 aliphatic carbocycles. The molecule has 0 atom stereocenters. The summed E-state index contributed by atoms with van der Waals surface area (Å²) < 4.78 is 4.73. The molecule has 0 fully saturated rings. The molecule has 4 nitrogen and oxygen atoms in total. The first kappa shape index (κ1) is 15.3. The Morgan fingerprint density at radius 1 is 1.14 bits per heavy atom. The fraction of sp³-hybridized carbons (Fsp3) is 0.0667. The Morgan fingerprint density at radius 2 is 1.86 bits per heavy atom. The molecule has 0 amide bonds. The van der Waals surface area contributed by atoms with Crippen molar-refractivity contribution < 1.29 is 9.53 Å². The van der Waals surface area contributed by atoms with Gasteiger partial charge in [0.15, 0.2) is 5.11 Å². The van der Waals surface area contributed by atoms with Gasteiger partial charge in [0.05, 0.1) is 18.4 Å². The zero-order valence-electron chi connectivity index (χ0n) is 11.2. The summed E-state index contributed by atoms with van der Waals surface area (Å²) in [5.74, 6) is -0.461. The van der Waals surface area contributed by atoms with Crippen LogP contribution in [0.25, 0.3) is 0 Å². The van der Waals surface area contributed by atoms with Crippen LogP contribution < -0.4 is 10.6 Å². The fourth-order valence-electron chi connectivity index (χ4n) is 1.71. The smallest absolute Gasteiger partial charge is 0.339 e. The maximum absolute atomic E-state index is 11.7. The van der Waals surface area contributed by atoms with E-state index < -0.39 is 5.97 Å². The minimum Gasteiger partial charge on any atom is -0.465 e. The molecule has 2 aromatic rings. The number of ether oxygens (including phenoxy) is 1. The van der Waals surface area contributed by atoms with E-state index in [0.717, 1.165) is 5.69 Å². The molecule has 21 heavy (non-hydrogen) atoms. The molecule has 0 saturated carbocycles. The maximum Gasteiger partial charge on any atom is 0.339 e. The molecule has 108 valence electrons. The number of para-hydroxylation sites is 1. The summed E-state index contributed by atoms with van der Waals surface area (Å²) >= 11 is 11.2. The summed E-state index contributed by atoms with van der Waals surface area (Å²) in [7, 11) is 1.32. The van der Waals surface area contributed by atoms with Crippen molar-refractivity contribution in [1.82, 2.24) is 0 Å². The van der Waals surface area contributed by atoms with Gasteiger partial charge in [-0.05, 0) is 42.5 Å². The van der Waals surface area contributed by atoms with Gasteiger partial charge in [-0.25, -0.2) is 4.79 Å². The number of halogens is 1. The van der Waals surface area contributed by atoms with Crippen molar-refractivity contribution in [3.05, 3.63) is 59.1 Å². The molecule has 0 saturated heterocycles. The van der Waals surface area contributed by atoms with Crippen LogP contribution in [0.3, 0.4) is 0 Å². The monoisotopic (exact) mass is 320 g/mol. The van der Waals surface area contributed by atoms with Gasteiger partial charge < -0.3 is 15.4 Å². The number of carbonyl (C=O) groups is 1. The van der Waals surface area contributed by atoms with E-state index in [0.29, 0.717) is 21.4 Å². The third kappa shape index (κ3) is 4.18. The number of thiocarbonyl (C=S) groups is 1. The van der Waals surface area contributed by atoms with E-state index in [1.165, 1.54) is 7.11 Å². The number of benzene rings is 2. The first-order valence-corrected chi connectivity index (χ1v) is 6.89. The molecule has 0 unspecified atom stereocenters. The predicted molar refractivity (Wildman–Crippen MR) is 89.1 cm³/mol. The van der Waals surface area contributed by atoms with E-state index in [1.807, 2.05) is 30.3 Å². The summed E-state index contributed by atoms with van der Waals surface area (Å²) in [6.07, 6.45) is 0. The molecule has 2 aromatic carbocycles. The Hall–Kier alpha value is -2.11. The number of hydrogen-bond acceptors (Lipinski definition) is 3. The molecule has 0 aliphatic rings. The Kier molecular flexibility index (Phi) is 5.14. The summed E-state index contributed by atoms with van der Waals surface area (Å²) in [5, 5.41) is 6.82. The SMILES string of the molecule is COC(=O)c1ccc(Cl)cc1NC(=S)Nc1ccccc1. The van der Waals surface area contributed by atoms with Crippen LogP contribution in [0.5, 0.6) is 0 Å². The van der Waals surface area contributed by atoms with Crippen LogP contribution in [-0.4, -0.2) is 18.2 Å². The molecule has 0 aromatic heterocycles. The zero-order valence-corrected chi connectivity index (χ0v) is 12.8. The summed E-state index contributed by atoms with van der Waals surface area (Å²) in [6.45, 7) is 0. The fourth-order valence-corrected chi connectivity index (χ4v) is 2.11. The standard InChI is InChI=1S/C15H13ClN2O2S/c1-20-14(19)12-8-7-10(16)9-13(12)18-15(21)17-11-5-3-2-4-6-11/h2-9H,1H3,(H2,17,18,21). The predicted octanol–water partition coefficient (Wildman–Crippen LogP) is 3.94. The van der Waals surface area contributed by atoms with Crippen LogP contribution in [0.1, 0.15) is 10.4 Å². The van der Waals surface area contributed by atoms with Crippen molar-refractivity contribution in [3.8, 4) is 0 Å². The Balaban J connectivity index is 2.16. The van der Waals surface area contributed by atoms with E-state index in [9.17, 15) is 4.79 Å². The van der Waals surface area contributed by atoms with E-state index in [-0.39, 0.29) is 0 Å². The molecule has 0 aliphatic heterocycles. The molecule has 6 heteroatoms. The largest absolute Gasteiger partial charge is 0.465 e. The second-order valence-electron chi connectivity index (χ2n) is 4.13. The first-order chi connectivity index (χ1) is 10.1. The van der Waals surface area contributed by atoms with Crippen molar-refractivity contribution in [2.45, 2.75) is 0 Å². The van der Waals surface area contributed by atoms with Crippen molar-refractivity contribution in [1.29, 1.82) is 0 Å². The topological polar surface area (TPSA) is 50.4 Å². The minimum absolute atomic E-state index is 0.355. The number of methoxy groups -OCH3 is 1. The molecular formula is C15H13ClN2O2S. The Morgan fingerprint density at radius 3 is 2.52 bits per heavy atom. The molecule has 0 bridgehead atoms. The van der Waals surface area contributed by atoms with E-state index in [1.54, 1.807) is 18.2 Å². The molecule has 0 spiro atoms. The minimum atomic E-state index is -0.461. The Labute approximate surface area is 133 Å². The quantitative estimate of drug-likeness (QED) is 0.663. The number of anilines is 2. The second kappa shape index (κ2) is 7.06. The molecule has 0 heterocycles. The average molecular weight is 321 g/mol. The van der Waals surface area contributed by atoms with Crippen molar-refractivity contribution >= 4 is 46.3 Å². The third-order valence-corrected chi connectivity index (χ3v) is 3.11. The van der Waals surface area contributed by atoms with Crippen molar-refractivity contribution in [2.75, 3.05) is 17.7 Å². The summed E-state index contributed by atoms with van der Waals surface area (Å²) in [4.78, 5) is 11.7. The van der Waals surface area contributed by atoms with Gasteiger partial charge in [-0.3, -0.25) is 0 Å². The highest BCUT2D eigenvalue weighted by molar-refractivity contribution is 7.80. The highest BCUT2D eigenvalue weighted by Crippen LogP contribution is 2.22. The highest BCUT2D eigenvalue weighted by atomic mass is 35.5. The third-order valence-electron chi connectivity index (χ3n) is 2.67. The molecule has 0 radical (unpaired) electrons. The van der Waals surface area contributed by atoms with Crippen LogP contribution in [0, 0.1) is 0 Å². The second-order valence-corrected chi connectivity index (χ2v) is 4.97. The molecule has 2 N–H and O–H groups in total. The highest BCUT2D eigenvalue weighted by Gasteiger charge is 2.13. The van der Waals surface area contributed by atoms with Gasteiger partial charge in [0.25, 0.3) is 0 Å². The number of nitrogens with one attached hydrogen (secondary N) is 2. The van der Waals surface area contributed by atoms with Crippen LogP contribution in [0.15, 0.2) is 48.5 Å². The summed E-state index contributed by atoms with van der Waals surface area (Å²) in [6, 6.07) is 14.3.